The van der Waals surface area contributed by atoms with E-state index in [2.05, 4.69) is 17.6 Å². The van der Waals surface area contributed by atoms with Crippen molar-refractivity contribution >= 4 is 31.9 Å². The number of ether oxygens (including phenoxy) is 2. The molecule has 0 radical (unpaired) electrons. The summed E-state index contributed by atoms with van der Waals surface area (Å²) in [6, 6.07) is 0. The average Bonchev–Trinajstić information content (AvgIpc) is 2.39. The van der Waals surface area contributed by atoms with Gasteiger partial charge >= 0.3 is 12.2 Å². The molecular formula is C20H39ClN2O7S. The third kappa shape index (κ3) is 15.2. The molecule has 2 fully saturated rings. The molecule has 2 rings (SSSR count). The number of carbonyl (C=O) groups excluding carboxylic acids is 2. The normalized spacial score (nSPS) is 17.2. The zero-order valence-electron chi connectivity index (χ0n) is 20.0. The summed E-state index contributed by atoms with van der Waals surface area (Å²) in [6.45, 7) is 16.5. The second-order valence-corrected chi connectivity index (χ2v) is 12.8. The lowest BCUT2D eigenvalue weighted by Crippen LogP contribution is -2.52. The van der Waals surface area contributed by atoms with Crippen molar-refractivity contribution < 1.29 is 32.6 Å². The monoisotopic (exact) mass is 486 g/mol. The highest BCUT2D eigenvalue weighted by Gasteiger charge is 2.33. The molecule has 11 heteroatoms. The molecule has 2 aliphatic rings. The predicted molar refractivity (Wildman–Crippen MR) is 121 cm³/mol. The second-order valence-electron chi connectivity index (χ2n) is 9.78. The van der Waals surface area contributed by atoms with Gasteiger partial charge in [0.2, 0.25) is 9.05 Å². The summed E-state index contributed by atoms with van der Waals surface area (Å²) in [4.78, 5) is 26.1. The first-order valence-electron chi connectivity index (χ1n) is 10.3. The molecule has 0 bridgehead atoms. The summed E-state index contributed by atoms with van der Waals surface area (Å²) < 4.78 is 29.2. The second kappa shape index (κ2) is 12.1. The molecule has 0 atom stereocenters. The van der Waals surface area contributed by atoms with Gasteiger partial charge < -0.3 is 24.4 Å². The number of hydrogen-bond donors (Lipinski definition) is 1. The maximum Gasteiger partial charge on any atom is 0.410 e. The average molecular weight is 487 g/mol. The zero-order valence-corrected chi connectivity index (χ0v) is 21.5. The summed E-state index contributed by atoms with van der Waals surface area (Å²) in [6.07, 6.45) is 1.63. The van der Waals surface area contributed by atoms with E-state index in [1.54, 1.807) is 9.80 Å². The van der Waals surface area contributed by atoms with E-state index >= 15 is 0 Å². The van der Waals surface area contributed by atoms with E-state index in [1.807, 2.05) is 41.5 Å². The Labute approximate surface area is 191 Å². The first kappa shape index (κ1) is 29.7. The minimum atomic E-state index is -3.19. The highest BCUT2D eigenvalue weighted by molar-refractivity contribution is 8.13. The van der Waals surface area contributed by atoms with Crippen LogP contribution in [0.3, 0.4) is 0 Å². The van der Waals surface area contributed by atoms with Crippen LogP contribution in [0, 0.1) is 11.8 Å². The number of rotatable bonds is 2. The Hall–Kier alpha value is -1.26. The van der Waals surface area contributed by atoms with Gasteiger partial charge in [-0.2, -0.15) is 0 Å². The van der Waals surface area contributed by atoms with E-state index in [9.17, 15) is 18.0 Å². The molecule has 9 nitrogen and oxygen atoms in total. The summed E-state index contributed by atoms with van der Waals surface area (Å²) in [5.41, 5.74) is -0.796. The van der Waals surface area contributed by atoms with Crippen molar-refractivity contribution in [1.82, 2.24) is 9.80 Å². The molecule has 2 saturated heterocycles. The first-order valence-corrected chi connectivity index (χ1v) is 13.0. The van der Waals surface area contributed by atoms with E-state index in [0.29, 0.717) is 19.0 Å². The largest absolute Gasteiger partial charge is 0.444 e. The van der Waals surface area contributed by atoms with Gasteiger partial charge in [-0.1, -0.05) is 6.92 Å². The molecule has 1 N–H and O–H groups in total. The fraction of sp³-hybridized carbons (Fsp3) is 0.900. The van der Waals surface area contributed by atoms with Crippen molar-refractivity contribution in [3.05, 3.63) is 0 Å². The molecule has 184 valence electrons. The van der Waals surface area contributed by atoms with Crippen molar-refractivity contribution in [2.75, 3.05) is 39.0 Å². The van der Waals surface area contributed by atoms with E-state index < -0.39 is 14.7 Å². The van der Waals surface area contributed by atoms with Crippen LogP contribution >= 0.6 is 10.7 Å². The van der Waals surface area contributed by atoms with Gasteiger partial charge in [-0.05, 0) is 53.9 Å². The first-order chi connectivity index (χ1) is 13.8. The van der Waals surface area contributed by atoms with Crippen molar-refractivity contribution in [2.45, 2.75) is 66.1 Å². The number of aliphatic hydroxyl groups excluding tert-OH is 1. The minimum absolute atomic E-state index is 0.152. The van der Waals surface area contributed by atoms with Crippen LogP contribution in [0.1, 0.15) is 54.9 Å². The van der Waals surface area contributed by atoms with Gasteiger partial charge in [-0.3, -0.25) is 0 Å². The minimum Gasteiger partial charge on any atom is -0.444 e. The Kier molecular flexibility index (Phi) is 11.6. The van der Waals surface area contributed by atoms with Crippen LogP contribution in [0.5, 0.6) is 0 Å². The third-order valence-corrected chi connectivity index (χ3v) is 4.05. The third-order valence-electron chi connectivity index (χ3n) is 4.05. The van der Waals surface area contributed by atoms with Crippen molar-refractivity contribution in [3.63, 3.8) is 0 Å². The van der Waals surface area contributed by atoms with Crippen LogP contribution in [0.2, 0.25) is 0 Å². The molecule has 2 heterocycles. The summed E-state index contributed by atoms with van der Waals surface area (Å²) in [5.74, 6) is 0.931. The Morgan fingerprint density at radius 3 is 1.42 bits per heavy atom. The Balaban J connectivity index is 0.000000479. The van der Waals surface area contributed by atoms with Gasteiger partial charge in [-0.15, -0.1) is 0 Å². The lowest BCUT2D eigenvalue weighted by atomic mass is 9.98. The van der Waals surface area contributed by atoms with Crippen LogP contribution in [0.4, 0.5) is 9.59 Å². The Bertz CT molecular complexity index is 623. The highest BCUT2D eigenvalue weighted by atomic mass is 35.7. The number of aliphatic hydroxyl groups is 1. The standard InChI is InChI=1S/C10H19NO2.C9H17NO3.CH3ClO2S/c1-5-8-6-11(7-8)9(12)13-10(2,3)4;1-9(2,3)13-8(12)10-4-7(5-10)6-11;1-5(2,3)4/h8H,5-7H2,1-4H3;7,11H,4-6H2,1-3H3;1H3. The molecule has 0 spiro atoms. The fourth-order valence-corrected chi connectivity index (χ4v) is 2.46. The highest BCUT2D eigenvalue weighted by Crippen LogP contribution is 2.21. The van der Waals surface area contributed by atoms with Gasteiger partial charge in [-0.25, -0.2) is 18.0 Å². The molecule has 0 unspecified atom stereocenters. The van der Waals surface area contributed by atoms with E-state index in [4.69, 9.17) is 14.6 Å². The van der Waals surface area contributed by atoms with Crippen molar-refractivity contribution in [3.8, 4) is 0 Å². The number of carbonyl (C=O) groups is 2. The zero-order chi connectivity index (χ0) is 24.6. The topological polar surface area (TPSA) is 113 Å². The Morgan fingerprint density at radius 2 is 1.19 bits per heavy atom. The molecular weight excluding hydrogens is 448 g/mol. The quantitative estimate of drug-likeness (QED) is 0.595. The van der Waals surface area contributed by atoms with E-state index in [1.165, 1.54) is 0 Å². The molecule has 2 aliphatic heterocycles. The van der Waals surface area contributed by atoms with E-state index in [0.717, 1.165) is 25.8 Å². The maximum absolute atomic E-state index is 11.4. The number of amides is 2. The number of likely N-dealkylation sites (tertiary alicyclic amines) is 2. The summed E-state index contributed by atoms with van der Waals surface area (Å²) in [7, 11) is 1.31. The van der Waals surface area contributed by atoms with Crippen LogP contribution in [0.25, 0.3) is 0 Å². The maximum atomic E-state index is 11.4. The molecule has 0 aromatic rings. The summed E-state index contributed by atoms with van der Waals surface area (Å²) in [5, 5.41) is 8.74. The lowest BCUT2D eigenvalue weighted by Gasteiger charge is -2.39. The van der Waals surface area contributed by atoms with Gasteiger partial charge in [0.1, 0.15) is 11.2 Å². The molecule has 0 aromatic heterocycles. The van der Waals surface area contributed by atoms with Gasteiger partial charge in [0.15, 0.2) is 0 Å². The fourth-order valence-electron chi connectivity index (χ4n) is 2.46. The SMILES string of the molecule is CC(C)(C)OC(=O)N1CC(CO)C1.CCC1CN(C(=O)OC(C)(C)C)C1.CS(=O)(=O)Cl. The smallest absolute Gasteiger partial charge is 0.410 e. The Morgan fingerprint density at radius 1 is 0.903 bits per heavy atom. The molecule has 31 heavy (non-hydrogen) atoms. The number of halogens is 1. The van der Waals surface area contributed by atoms with Crippen LogP contribution in [0.15, 0.2) is 0 Å². The van der Waals surface area contributed by atoms with Crippen molar-refractivity contribution in [2.24, 2.45) is 11.8 Å². The molecule has 0 aromatic carbocycles. The molecule has 2 amide bonds. The van der Waals surface area contributed by atoms with Gasteiger partial charge in [0.05, 0.1) is 6.26 Å². The number of hydrogen-bond acceptors (Lipinski definition) is 7. The predicted octanol–water partition coefficient (Wildman–Crippen LogP) is 3.29. The number of nitrogens with zero attached hydrogens (tertiary/aromatic N) is 2. The molecule has 0 saturated carbocycles. The van der Waals surface area contributed by atoms with Crippen LogP contribution in [-0.4, -0.2) is 85.8 Å². The lowest BCUT2D eigenvalue weighted by molar-refractivity contribution is -0.00981. The van der Waals surface area contributed by atoms with Crippen LogP contribution < -0.4 is 0 Å². The molecule has 0 aliphatic carbocycles. The van der Waals surface area contributed by atoms with Crippen LogP contribution in [-0.2, 0) is 18.5 Å². The van der Waals surface area contributed by atoms with Crippen molar-refractivity contribution in [1.29, 1.82) is 0 Å². The van der Waals surface area contributed by atoms with E-state index in [-0.39, 0.29) is 30.3 Å². The van der Waals surface area contributed by atoms with Gasteiger partial charge in [0.25, 0.3) is 0 Å². The summed E-state index contributed by atoms with van der Waals surface area (Å²) >= 11 is 0. The van der Waals surface area contributed by atoms with Gasteiger partial charge in [0, 0.05) is 49.4 Å².